The van der Waals surface area contributed by atoms with Crippen molar-refractivity contribution in [2.45, 2.75) is 45.8 Å². The number of amides is 2. The number of hydrogen-bond acceptors (Lipinski definition) is 4. The first-order valence-corrected chi connectivity index (χ1v) is 6.93. The third-order valence-electron chi connectivity index (χ3n) is 2.12. The van der Waals surface area contributed by atoms with Gasteiger partial charge in [-0.25, -0.2) is 5.48 Å². The smallest absolute Gasteiger partial charge is 0.246 e. The Morgan fingerprint density at radius 3 is 2.58 bits per heavy atom. The quantitative estimate of drug-likeness (QED) is 0.814. The molecule has 0 fully saturated rings. The Morgan fingerprint density at radius 2 is 2.11 bits per heavy atom. The van der Waals surface area contributed by atoms with Crippen LogP contribution in [0, 0.1) is 0 Å². The van der Waals surface area contributed by atoms with Crippen LogP contribution in [0.5, 0.6) is 0 Å². The van der Waals surface area contributed by atoms with Crippen molar-refractivity contribution < 1.29 is 14.4 Å². The fraction of sp³-hybridized carbons (Fsp3) is 0.538. The molecule has 0 spiro atoms. The number of hydrogen-bond donors (Lipinski definition) is 2. The molecule has 5 nitrogen and oxygen atoms in total. The van der Waals surface area contributed by atoms with Crippen LogP contribution in [0.25, 0.3) is 0 Å². The molecular weight excluding hydrogens is 264 g/mol. The van der Waals surface area contributed by atoms with Gasteiger partial charge in [-0.3, -0.25) is 14.4 Å². The highest BCUT2D eigenvalue weighted by Gasteiger charge is 2.19. The number of hydroxylamine groups is 1. The van der Waals surface area contributed by atoms with E-state index in [0.29, 0.717) is 0 Å². The molecule has 2 N–H and O–H groups in total. The molecule has 0 aliphatic carbocycles. The Labute approximate surface area is 117 Å². The fourth-order valence-corrected chi connectivity index (χ4v) is 2.17. The van der Waals surface area contributed by atoms with Crippen LogP contribution in [0.3, 0.4) is 0 Å². The lowest BCUT2D eigenvalue weighted by Gasteiger charge is -2.21. The number of thiophene rings is 1. The van der Waals surface area contributed by atoms with E-state index in [9.17, 15) is 9.59 Å². The lowest BCUT2D eigenvalue weighted by atomic mass is 10.1. The summed E-state index contributed by atoms with van der Waals surface area (Å²) in [5.74, 6) is -0.426. The molecule has 1 heterocycles. The molecular formula is C13H20N2O3S. The van der Waals surface area contributed by atoms with Gasteiger partial charge in [0.25, 0.3) is 0 Å². The molecule has 0 saturated heterocycles. The van der Waals surface area contributed by atoms with Crippen LogP contribution in [-0.2, 0) is 14.4 Å². The zero-order chi connectivity index (χ0) is 14.5. The van der Waals surface area contributed by atoms with Crippen LogP contribution >= 0.6 is 11.3 Å². The zero-order valence-electron chi connectivity index (χ0n) is 11.6. The van der Waals surface area contributed by atoms with Crippen molar-refractivity contribution >= 4 is 23.2 Å². The predicted molar refractivity (Wildman–Crippen MR) is 74.5 cm³/mol. The van der Waals surface area contributed by atoms with Crippen molar-refractivity contribution in [3.63, 3.8) is 0 Å². The van der Waals surface area contributed by atoms with Gasteiger partial charge in [0, 0.05) is 11.8 Å². The van der Waals surface area contributed by atoms with E-state index >= 15 is 0 Å². The van der Waals surface area contributed by atoms with Gasteiger partial charge in [-0.05, 0) is 32.2 Å². The average molecular weight is 284 g/mol. The van der Waals surface area contributed by atoms with Gasteiger partial charge in [-0.2, -0.15) is 0 Å². The minimum atomic E-state index is -0.442. The Morgan fingerprint density at radius 1 is 1.42 bits per heavy atom. The fourth-order valence-electron chi connectivity index (χ4n) is 1.39. The molecule has 0 aliphatic heterocycles. The summed E-state index contributed by atoms with van der Waals surface area (Å²) in [6, 6.07) is 3.46. The monoisotopic (exact) mass is 284 g/mol. The standard InChI is InChI=1S/C13H20N2O3S/c1-9(16)14-10(11-6-5-7-19-11)8-12(17)15-18-13(2,3)4/h5-7,10H,8H2,1-4H3,(H,14,16)(H,15,17). The molecule has 19 heavy (non-hydrogen) atoms. The van der Waals surface area contributed by atoms with Gasteiger partial charge in [0.1, 0.15) is 0 Å². The second-order valence-electron chi connectivity index (χ2n) is 5.21. The van der Waals surface area contributed by atoms with E-state index in [1.165, 1.54) is 18.3 Å². The zero-order valence-corrected chi connectivity index (χ0v) is 12.5. The average Bonchev–Trinajstić information content (AvgIpc) is 2.77. The summed E-state index contributed by atoms with van der Waals surface area (Å²) >= 11 is 1.50. The first kappa shape index (κ1) is 15.7. The van der Waals surface area contributed by atoms with Crippen molar-refractivity contribution in [1.29, 1.82) is 0 Å². The molecule has 2 amide bonds. The maximum atomic E-state index is 11.8. The molecule has 1 unspecified atom stereocenters. The first-order chi connectivity index (χ1) is 8.78. The van der Waals surface area contributed by atoms with Crippen molar-refractivity contribution in [3.05, 3.63) is 22.4 Å². The van der Waals surface area contributed by atoms with E-state index < -0.39 is 5.60 Å². The van der Waals surface area contributed by atoms with E-state index in [4.69, 9.17) is 4.84 Å². The molecule has 1 atom stereocenters. The highest BCUT2D eigenvalue weighted by molar-refractivity contribution is 7.10. The Hall–Kier alpha value is -1.40. The topological polar surface area (TPSA) is 67.4 Å². The van der Waals surface area contributed by atoms with Crippen molar-refractivity contribution in [2.75, 3.05) is 0 Å². The van der Waals surface area contributed by atoms with E-state index in [2.05, 4.69) is 10.8 Å². The molecule has 0 aromatic carbocycles. The maximum absolute atomic E-state index is 11.8. The largest absolute Gasteiger partial charge is 0.348 e. The van der Waals surface area contributed by atoms with Gasteiger partial charge in [-0.1, -0.05) is 6.07 Å². The van der Waals surface area contributed by atoms with Crippen LogP contribution in [0.2, 0.25) is 0 Å². The van der Waals surface area contributed by atoms with Crippen molar-refractivity contribution in [3.8, 4) is 0 Å². The Kier molecular flexibility index (Phi) is 5.50. The van der Waals surface area contributed by atoms with Crippen LogP contribution in [-0.4, -0.2) is 17.4 Å². The van der Waals surface area contributed by atoms with Crippen LogP contribution in [0.15, 0.2) is 17.5 Å². The third kappa shape index (κ3) is 6.35. The van der Waals surface area contributed by atoms with Gasteiger partial charge in [0.05, 0.1) is 18.1 Å². The first-order valence-electron chi connectivity index (χ1n) is 6.05. The summed E-state index contributed by atoms with van der Waals surface area (Å²) in [7, 11) is 0. The third-order valence-corrected chi connectivity index (χ3v) is 3.11. The normalized spacial score (nSPS) is 12.8. The van der Waals surface area contributed by atoms with Gasteiger partial charge in [0.2, 0.25) is 11.8 Å². The van der Waals surface area contributed by atoms with Gasteiger partial charge in [0.15, 0.2) is 0 Å². The molecule has 1 aromatic rings. The van der Waals surface area contributed by atoms with Crippen LogP contribution in [0.4, 0.5) is 0 Å². The van der Waals surface area contributed by atoms with E-state index in [-0.39, 0.29) is 24.3 Å². The summed E-state index contributed by atoms with van der Waals surface area (Å²) in [4.78, 5) is 29.1. The summed E-state index contributed by atoms with van der Waals surface area (Å²) in [5, 5.41) is 4.68. The number of rotatable bonds is 5. The molecule has 0 bridgehead atoms. The second-order valence-corrected chi connectivity index (χ2v) is 6.19. The minimum Gasteiger partial charge on any atom is -0.348 e. The van der Waals surface area contributed by atoms with Gasteiger partial charge >= 0.3 is 0 Å². The second kappa shape index (κ2) is 6.68. The molecule has 1 rings (SSSR count). The lowest BCUT2D eigenvalue weighted by molar-refractivity contribution is -0.146. The van der Waals surface area contributed by atoms with Crippen LogP contribution in [0.1, 0.15) is 45.0 Å². The maximum Gasteiger partial charge on any atom is 0.246 e. The summed E-state index contributed by atoms with van der Waals surface area (Å²) in [6.45, 7) is 6.97. The van der Waals surface area contributed by atoms with E-state index in [1.807, 2.05) is 38.3 Å². The number of nitrogens with one attached hydrogen (secondary N) is 2. The number of carbonyl (C=O) groups excluding carboxylic acids is 2. The Bertz CT molecular complexity index is 424. The van der Waals surface area contributed by atoms with Gasteiger partial charge < -0.3 is 5.32 Å². The summed E-state index contributed by atoms with van der Waals surface area (Å²) in [6.07, 6.45) is 0.149. The molecule has 0 radical (unpaired) electrons. The molecule has 6 heteroatoms. The Balaban J connectivity index is 2.58. The summed E-state index contributed by atoms with van der Waals surface area (Å²) in [5.41, 5.74) is 1.96. The molecule has 106 valence electrons. The lowest BCUT2D eigenvalue weighted by Crippen LogP contribution is -2.36. The summed E-state index contributed by atoms with van der Waals surface area (Å²) < 4.78 is 0. The van der Waals surface area contributed by atoms with Gasteiger partial charge in [-0.15, -0.1) is 11.3 Å². The van der Waals surface area contributed by atoms with Crippen molar-refractivity contribution in [1.82, 2.24) is 10.8 Å². The molecule has 0 saturated carbocycles. The van der Waals surface area contributed by atoms with E-state index in [0.717, 1.165) is 4.88 Å². The number of carbonyl (C=O) groups is 2. The highest BCUT2D eigenvalue weighted by atomic mass is 32.1. The SMILES string of the molecule is CC(=O)NC(CC(=O)NOC(C)(C)C)c1cccs1. The van der Waals surface area contributed by atoms with E-state index in [1.54, 1.807) is 0 Å². The predicted octanol–water partition coefficient (Wildman–Crippen LogP) is 2.16. The molecule has 1 aromatic heterocycles. The van der Waals surface area contributed by atoms with Crippen LogP contribution < -0.4 is 10.8 Å². The molecule has 0 aliphatic rings. The van der Waals surface area contributed by atoms with Crippen molar-refractivity contribution in [2.24, 2.45) is 0 Å². The minimum absolute atomic E-state index is 0.149. The highest BCUT2D eigenvalue weighted by Crippen LogP contribution is 2.22.